The molecule has 0 aliphatic heterocycles. The highest BCUT2D eigenvalue weighted by molar-refractivity contribution is 5.52. The standard InChI is InChI=1S/C13H19O/c1-8-7-11(13(4,5)6)12(14)10(3)9(8)2/h7,14H,2H2,1,3-6H3. The van der Waals surface area contributed by atoms with Crippen LogP contribution in [0, 0.1) is 20.8 Å². The Labute approximate surface area is 86.8 Å². The zero-order valence-electron chi connectivity index (χ0n) is 9.73. The summed E-state index contributed by atoms with van der Waals surface area (Å²) in [6.45, 7) is 14.2. The summed E-state index contributed by atoms with van der Waals surface area (Å²) in [5.41, 5.74) is 3.96. The van der Waals surface area contributed by atoms with Gasteiger partial charge in [0.15, 0.2) is 0 Å². The SMILES string of the molecule is [CH2]c1c(C)cc(C(C)(C)C)c(O)c1C. The molecule has 0 spiro atoms. The number of hydrogen-bond acceptors (Lipinski definition) is 1. The third-order valence-corrected chi connectivity index (χ3v) is 2.71. The normalized spacial score (nSPS) is 11.9. The molecule has 0 atom stereocenters. The molecule has 0 aliphatic carbocycles. The average molecular weight is 191 g/mol. The second kappa shape index (κ2) is 3.30. The first-order valence-electron chi connectivity index (χ1n) is 4.90. The molecule has 0 saturated carbocycles. The van der Waals surface area contributed by atoms with Crippen molar-refractivity contribution in [2.45, 2.75) is 40.0 Å². The fraction of sp³-hybridized carbons (Fsp3) is 0.462. The molecule has 0 amide bonds. The molecule has 1 aromatic rings. The molecular formula is C13H19O. The van der Waals surface area contributed by atoms with Crippen molar-refractivity contribution in [3.63, 3.8) is 0 Å². The fourth-order valence-corrected chi connectivity index (χ4v) is 1.58. The highest BCUT2D eigenvalue weighted by Gasteiger charge is 2.20. The number of hydrogen-bond donors (Lipinski definition) is 1. The van der Waals surface area contributed by atoms with Gasteiger partial charge in [0.1, 0.15) is 5.75 Å². The van der Waals surface area contributed by atoms with Gasteiger partial charge in [0.25, 0.3) is 0 Å². The molecule has 0 heterocycles. The Morgan fingerprint density at radius 3 is 2.14 bits per heavy atom. The molecule has 0 unspecified atom stereocenters. The first kappa shape index (κ1) is 11.1. The van der Waals surface area contributed by atoms with E-state index in [0.29, 0.717) is 5.75 Å². The lowest BCUT2D eigenvalue weighted by Gasteiger charge is -2.23. The number of rotatable bonds is 0. The van der Waals surface area contributed by atoms with Crippen LogP contribution in [0.5, 0.6) is 5.75 Å². The minimum absolute atomic E-state index is 0.0205. The molecule has 1 nitrogen and oxygen atoms in total. The van der Waals surface area contributed by atoms with Gasteiger partial charge >= 0.3 is 0 Å². The van der Waals surface area contributed by atoms with E-state index in [-0.39, 0.29) is 5.41 Å². The van der Waals surface area contributed by atoms with Gasteiger partial charge in [-0.05, 0) is 48.4 Å². The van der Waals surface area contributed by atoms with Crippen molar-refractivity contribution < 1.29 is 5.11 Å². The van der Waals surface area contributed by atoms with E-state index in [1.165, 1.54) is 0 Å². The second-order valence-corrected chi connectivity index (χ2v) is 4.94. The van der Waals surface area contributed by atoms with E-state index in [1.54, 1.807) is 0 Å². The molecule has 0 aliphatic rings. The van der Waals surface area contributed by atoms with Crippen LogP contribution >= 0.6 is 0 Å². The Morgan fingerprint density at radius 2 is 1.71 bits per heavy atom. The lowest BCUT2D eigenvalue weighted by Crippen LogP contribution is -2.12. The van der Waals surface area contributed by atoms with E-state index in [1.807, 2.05) is 19.9 Å². The van der Waals surface area contributed by atoms with Gasteiger partial charge in [0, 0.05) is 0 Å². The summed E-state index contributed by atoms with van der Waals surface area (Å²) in [6, 6.07) is 2.03. The number of aromatic hydroxyl groups is 1. The van der Waals surface area contributed by atoms with E-state index >= 15 is 0 Å². The number of phenols is 1. The number of phenolic OH excluding ortho intramolecular Hbond substituents is 1. The van der Waals surface area contributed by atoms with Gasteiger partial charge in [-0.1, -0.05) is 26.8 Å². The predicted molar refractivity (Wildman–Crippen MR) is 60.7 cm³/mol. The Kier molecular flexibility index (Phi) is 2.62. The van der Waals surface area contributed by atoms with Crippen molar-refractivity contribution in [3.05, 3.63) is 35.2 Å². The Bertz CT molecular complexity index is 356. The summed E-state index contributed by atoms with van der Waals surface area (Å²) in [5.74, 6) is 0.396. The Hall–Kier alpha value is -0.980. The fourth-order valence-electron chi connectivity index (χ4n) is 1.58. The van der Waals surface area contributed by atoms with Crippen LogP contribution in [0.15, 0.2) is 6.07 Å². The predicted octanol–water partition coefficient (Wildman–Crippen LogP) is 3.49. The third-order valence-electron chi connectivity index (χ3n) is 2.71. The molecule has 1 rings (SSSR count). The zero-order valence-corrected chi connectivity index (χ0v) is 9.73. The van der Waals surface area contributed by atoms with Gasteiger partial charge in [-0.3, -0.25) is 0 Å². The van der Waals surface area contributed by atoms with Crippen molar-refractivity contribution in [2.24, 2.45) is 0 Å². The largest absolute Gasteiger partial charge is 0.507 e. The van der Waals surface area contributed by atoms with Crippen molar-refractivity contribution in [1.29, 1.82) is 0 Å². The maximum Gasteiger partial charge on any atom is 0.122 e. The third kappa shape index (κ3) is 1.77. The Morgan fingerprint density at radius 1 is 1.21 bits per heavy atom. The van der Waals surface area contributed by atoms with Gasteiger partial charge in [-0.2, -0.15) is 0 Å². The molecule has 14 heavy (non-hydrogen) atoms. The maximum atomic E-state index is 10.00. The number of benzene rings is 1. The summed E-state index contributed by atoms with van der Waals surface area (Å²) in [4.78, 5) is 0. The lowest BCUT2D eigenvalue weighted by atomic mass is 9.83. The van der Waals surface area contributed by atoms with Crippen LogP contribution in [0.2, 0.25) is 0 Å². The van der Waals surface area contributed by atoms with Gasteiger partial charge in [0.05, 0.1) is 0 Å². The van der Waals surface area contributed by atoms with Gasteiger partial charge < -0.3 is 5.11 Å². The van der Waals surface area contributed by atoms with E-state index in [4.69, 9.17) is 0 Å². The molecule has 0 bridgehead atoms. The van der Waals surface area contributed by atoms with E-state index < -0.39 is 0 Å². The summed E-state index contributed by atoms with van der Waals surface area (Å²) in [5, 5.41) is 10.00. The molecule has 0 saturated heterocycles. The van der Waals surface area contributed by atoms with Crippen molar-refractivity contribution in [1.82, 2.24) is 0 Å². The molecule has 1 radical (unpaired) electrons. The summed E-state index contributed by atoms with van der Waals surface area (Å²) in [7, 11) is 0. The zero-order chi connectivity index (χ0) is 11.1. The molecule has 77 valence electrons. The molecule has 0 aromatic heterocycles. The van der Waals surface area contributed by atoms with Gasteiger partial charge in [-0.25, -0.2) is 0 Å². The summed E-state index contributed by atoms with van der Waals surface area (Å²) in [6.07, 6.45) is 0. The molecule has 1 aromatic carbocycles. The summed E-state index contributed by atoms with van der Waals surface area (Å²) >= 11 is 0. The van der Waals surface area contributed by atoms with Crippen LogP contribution in [0.1, 0.15) is 43.0 Å². The van der Waals surface area contributed by atoms with E-state index in [9.17, 15) is 5.11 Å². The van der Waals surface area contributed by atoms with Crippen LogP contribution in [0.25, 0.3) is 0 Å². The first-order chi connectivity index (χ1) is 6.25. The second-order valence-electron chi connectivity index (χ2n) is 4.94. The average Bonchev–Trinajstić information content (AvgIpc) is 2.06. The highest BCUT2D eigenvalue weighted by atomic mass is 16.3. The van der Waals surface area contributed by atoms with Gasteiger partial charge in [-0.15, -0.1) is 0 Å². The minimum atomic E-state index is -0.0205. The summed E-state index contributed by atoms with van der Waals surface area (Å²) < 4.78 is 0. The topological polar surface area (TPSA) is 20.2 Å². The molecular weight excluding hydrogens is 172 g/mol. The van der Waals surface area contributed by atoms with Crippen molar-refractivity contribution in [3.8, 4) is 5.75 Å². The van der Waals surface area contributed by atoms with E-state index in [2.05, 4.69) is 27.7 Å². The van der Waals surface area contributed by atoms with E-state index in [0.717, 1.165) is 22.3 Å². The Balaban J connectivity index is 3.49. The van der Waals surface area contributed by atoms with Crippen molar-refractivity contribution in [2.75, 3.05) is 0 Å². The van der Waals surface area contributed by atoms with Gasteiger partial charge in [0.2, 0.25) is 0 Å². The monoisotopic (exact) mass is 191 g/mol. The minimum Gasteiger partial charge on any atom is -0.507 e. The van der Waals surface area contributed by atoms with Crippen LogP contribution in [0.4, 0.5) is 0 Å². The smallest absolute Gasteiger partial charge is 0.122 e. The van der Waals surface area contributed by atoms with Crippen LogP contribution in [-0.4, -0.2) is 5.11 Å². The quantitative estimate of drug-likeness (QED) is 0.665. The highest BCUT2D eigenvalue weighted by Crippen LogP contribution is 2.35. The first-order valence-corrected chi connectivity index (χ1v) is 4.90. The molecule has 1 heteroatoms. The maximum absolute atomic E-state index is 10.00. The molecule has 0 fully saturated rings. The number of aryl methyl sites for hydroxylation is 1. The van der Waals surface area contributed by atoms with Crippen LogP contribution in [-0.2, 0) is 5.41 Å². The van der Waals surface area contributed by atoms with Crippen molar-refractivity contribution >= 4 is 0 Å². The molecule has 1 N–H and O–H groups in total. The van der Waals surface area contributed by atoms with Crippen LogP contribution in [0.3, 0.4) is 0 Å². The lowest BCUT2D eigenvalue weighted by molar-refractivity contribution is 0.442. The van der Waals surface area contributed by atoms with Crippen LogP contribution < -0.4 is 0 Å².